The van der Waals surface area contributed by atoms with Crippen molar-refractivity contribution in [1.29, 1.82) is 0 Å². The van der Waals surface area contributed by atoms with E-state index >= 15 is 4.39 Å². The quantitative estimate of drug-likeness (QED) is 0.300. The minimum atomic E-state index is -3.99. The lowest BCUT2D eigenvalue weighted by molar-refractivity contribution is 0.102. The van der Waals surface area contributed by atoms with Gasteiger partial charge in [-0.25, -0.2) is 27.2 Å². The number of methoxy groups -OCH3 is 1. The number of carbonyl (C=O) groups is 1. The van der Waals surface area contributed by atoms with E-state index in [4.69, 9.17) is 16.3 Å². The molecule has 0 aliphatic carbocycles. The van der Waals surface area contributed by atoms with E-state index in [2.05, 4.69) is 15.3 Å². The molecule has 0 radical (unpaired) electrons. The smallest absolute Gasteiger partial charge is 0.258 e. The van der Waals surface area contributed by atoms with Crippen LogP contribution in [-0.4, -0.2) is 37.2 Å². The van der Waals surface area contributed by atoms with Crippen molar-refractivity contribution < 1.29 is 26.7 Å². The van der Waals surface area contributed by atoms with Crippen molar-refractivity contribution in [3.8, 4) is 5.75 Å². The molecule has 0 fully saturated rings. The Morgan fingerprint density at radius 3 is 2.56 bits per heavy atom. The first kappa shape index (κ1) is 25.7. The van der Waals surface area contributed by atoms with E-state index in [9.17, 15) is 17.6 Å². The van der Waals surface area contributed by atoms with Crippen molar-refractivity contribution in [3.63, 3.8) is 0 Å². The van der Waals surface area contributed by atoms with Gasteiger partial charge in [-0.05, 0) is 36.8 Å². The number of hydrogen-bond acceptors (Lipinski definition) is 7. The first-order chi connectivity index (χ1) is 17.2. The van der Waals surface area contributed by atoms with Crippen LogP contribution in [0, 0.1) is 11.6 Å². The summed E-state index contributed by atoms with van der Waals surface area (Å²) in [7, 11) is -2.49. The second-order valence-electron chi connectivity index (χ2n) is 7.46. The van der Waals surface area contributed by atoms with Crippen LogP contribution in [0.25, 0.3) is 10.2 Å². The van der Waals surface area contributed by atoms with Gasteiger partial charge in [-0.3, -0.25) is 9.10 Å². The van der Waals surface area contributed by atoms with Gasteiger partial charge in [0.05, 0.1) is 40.9 Å². The van der Waals surface area contributed by atoms with Crippen LogP contribution in [0.4, 0.5) is 20.2 Å². The molecule has 13 heteroatoms. The molecule has 2 heterocycles. The number of anilines is 2. The summed E-state index contributed by atoms with van der Waals surface area (Å²) < 4.78 is 62.5. The van der Waals surface area contributed by atoms with E-state index in [1.807, 2.05) is 0 Å². The number of halogens is 3. The molecule has 4 aromatic rings. The molecule has 0 unspecified atom stereocenters. The van der Waals surface area contributed by atoms with Crippen LogP contribution in [0.3, 0.4) is 0 Å². The molecule has 0 saturated heterocycles. The summed E-state index contributed by atoms with van der Waals surface area (Å²) in [5.74, 6) is -2.92. The maximum Gasteiger partial charge on any atom is 0.258 e. The Bertz CT molecular complexity index is 1550. The zero-order chi connectivity index (χ0) is 26.0. The van der Waals surface area contributed by atoms with Gasteiger partial charge in [0.15, 0.2) is 5.82 Å². The fourth-order valence-corrected chi connectivity index (χ4v) is 5.64. The average Bonchev–Trinajstić information content (AvgIpc) is 3.31. The summed E-state index contributed by atoms with van der Waals surface area (Å²) in [6.07, 6.45) is 1.17. The highest BCUT2D eigenvalue weighted by Gasteiger charge is 2.28. The van der Waals surface area contributed by atoms with Crippen molar-refractivity contribution >= 4 is 60.5 Å². The second kappa shape index (κ2) is 10.3. The van der Waals surface area contributed by atoms with Crippen LogP contribution >= 0.6 is 22.9 Å². The van der Waals surface area contributed by atoms with Crippen LogP contribution < -0.4 is 14.4 Å². The number of hydrogen-bond donors (Lipinski definition) is 1. The minimum Gasteiger partial charge on any atom is -0.497 e. The molecule has 1 amide bonds. The summed E-state index contributed by atoms with van der Waals surface area (Å²) >= 11 is 7.12. The predicted octanol–water partition coefficient (Wildman–Crippen LogP) is 5.24. The number of aromatic nitrogens is 2. The number of fused-ring (bicyclic) bond motifs is 1. The normalized spacial score (nSPS) is 11.5. The third kappa shape index (κ3) is 4.97. The molecule has 36 heavy (non-hydrogen) atoms. The Balaban J connectivity index is 1.72. The van der Waals surface area contributed by atoms with Crippen molar-refractivity contribution in [2.75, 3.05) is 22.5 Å². The van der Waals surface area contributed by atoms with Crippen LogP contribution in [0.5, 0.6) is 5.75 Å². The number of nitrogens with one attached hydrogen (secondary N) is 1. The number of thiophene rings is 1. The van der Waals surface area contributed by atoms with Gasteiger partial charge >= 0.3 is 0 Å². The zero-order valence-corrected chi connectivity index (χ0v) is 21.3. The van der Waals surface area contributed by atoms with Crippen molar-refractivity contribution in [2.24, 2.45) is 0 Å². The van der Waals surface area contributed by atoms with Gasteiger partial charge in [0.1, 0.15) is 28.7 Å². The Morgan fingerprint density at radius 2 is 1.89 bits per heavy atom. The largest absolute Gasteiger partial charge is 0.497 e. The Morgan fingerprint density at radius 1 is 1.17 bits per heavy atom. The lowest BCUT2D eigenvalue weighted by Crippen LogP contribution is -2.33. The molecule has 0 bridgehead atoms. The average molecular weight is 553 g/mol. The molecular weight excluding hydrogens is 534 g/mol. The molecule has 0 spiro atoms. The highest BCUT2D eigenvalue weighted by atomic mass is 35.5. The number of nitrogens with zero attached hydrogens (tertiary/aromatic N) is 3. The van der Waals surface area contributed by atoms with Crippen LogP contribution in [0.15, 0.2) is 48.1 Å². The fraction of sp³-hybridized carbons (Fsp3) is 0.174. The number of sulfonamides is 1. The van der Waals surface area contributed by atoms with Gasteiger partial charge in [-0.2, -0.15) is 0 Å². The van der Waals surface area contributed by atoms with E-state index in [1.165, 1.54) is 25.7 Å². The van der Waals surface area contributed by atoms with Gasteiger partial charge in [-0.1, -0.05) is 23.7 Å². The standard InChI is InChI=1S/C23H19ClF2N4O4S2/c1-3-36(32,33)30(10-13-4-6-14(34-2)7-5-13)17-9-8-16(25)20(18(17)26)29-23(31)15-11-35-21-19(15)27-12-28-22(21)24/h4-9,11-12H,3,10H2,1-2H3,(H,29,31). The number of ether oxygens (including phenoxy) is 1. The van der Waals surface area contributed by atoms with Crippen LogP contribution in [0.1, 0.15) is 22.8 Å². The summed E-state index contributed by atoms with van der Waals surface area (Å²) in [4.78, 5) is 20.8. The number of benzene rings is 2. The molecule has 2 aromatic heterocycles. The Hall–Kier alpha value is -3.35. The van der Waals surface area contributed by atoms with E-state index in [0.717, 1.165) is 27.8 Å². The van der Waals surface area contributed by atoms with Crippen LogP contribution in [-0.2, 0) is 16.6 Å². The van der Waals surface area contributed by atoms with Gasteiger partial charge < -0.3 is 10.1 Å². The summed E-state index contributed by atoms with van der Waals surface area (Å²) in [5, 5.41) is 3.80. The third-order valence-corrected chi connectivity index (χ3v) is 8.42. The molecule has 4 rings (SSSR count). The molecule has 1 N–H and O–H groups in total. The third-order valence-electron chi connectivity index (χ3n) is 5.32. The lowest BCUT2D eigenvalue weighted by atomic mass is 10.2. The van der Waals surface area contributed by atoms with E-state index in [0.29, 0.717) is 16.0 Å². The van der Waals surface area contributed by atoms with Gasteiger partial charge in [0.25, 0.3) is 5.91 Å². The van der Waals surface area contributed by atoms with Crippen molar-refractivity contribution in [1.82, 2.24) is 9.97 Å². The molecule has 0 aliphatic rings. The zero-order valence-electron chi connectivity index (χ0n) is 19.0. The second-order valence-corrected chi connectivity index (χ2v) is 10.9. The summed E-state index contributed by atoms with van der Waals surface area (Å²) in [5.41, 5.74) is -0.389. The highest BCUT2D eigenvalue weighted by molar-refractivity contribution is 7.92. The van der Waals surface area contributed by atoms with Gasteiger partial charge in [0, 0.05) is 5.38 Å². The first-order valence-electron chi connectivity index (χ1n) is 10.5. The Labute approximate surface area is 214 Å². The van der Waals surface area contributed by atoms with E-state index < -0.39 is 38.9 Å². The molecular formula is C23H19ClF2N4O4S2. The Kier molecular flexibility index (Phi) is 7.38. The molecule has 0 saturated carbocycles. The van der Waals surface area contributed by atoms with E-state index in [1.54, 1.807) is 24.3 Å². The highest BCUT2D eigenvalue weighted by Crippen LogP contribution is 2.34. The van der Waals surface area contributed by atoms with Crippen molar-refractivity contribution in [2.45, 2.75) is 13.5 Å². The van der Waals surface area contributed by atoms with Gasteiger partial charge in [0.2, 0.25) is 10.0 Å². The maximum atomic E-state index is 15.6. The molecule has 8 nitrogen and oxygen atoms in total. The first-order valence-corrected chi connectivity index (χ1v) is 13.3. The number of amides is 1. The van der Waals surface area contributed by atoms with Crippen molar-refractivity contribution in [3.05, 3.63) is 76.0 Å². The monoisotopic (exact) mass is 552 g/mol. The fourth-order valence-electron chi connectivity index (χ4n) is 3.40. The minimum absolute atomic E-state index is 0.0415. The number of rotatable bonds is 8. The van der Waals surface area contributed by atoms with Crippen LogP contribution in [0.2, 0.25) is 5.15 Å². The lowest BCUT2D eigenvalue weighted by Gasteiger charge is -2.25. The van der Waals surface area contributed by atoms with E-state index in [-0.39, 0.29) is 28.5 Å². The molecule has 2 aromatic carbocycles. The number of carbonyl (C=O) groups excluding carboxylic acids is 1. The SMILES string of the molecule is CCS(=O)(=O)N(Cc1ccc(OC)cc1)c1ccc(F)c(NC(=O)c2csc3c(Cl)ncnc23)c1F. The molecule has 0 aliphatic heterocycles. The maximum absolute atomic E-state index is 15.6. The van der Waals surface area contributed by atoms with Gasteiger partial charge in [-0.15, -0.1) is 11.3 Å². The molecule has 0 atom stereocenters. The summed E-state index contributed by atoms with van der Waals surface area (Å²) in [6.45, 7) is 1.19. The summed E-state index contributed by atoms with van der Waals surface area (Å²) in [6, 6.07) is 8.46. The topological polar surface area (TPSA) is 101 Å². The predicted molar refractivity (Wildman–Crippen MR) is 135 cm³/mol. The molecule has 188 valence electrons.